The summed E-state index contributed by atoms with van der Waals surface area (Å²) in [6, 6.07) is 0.459. The first kappa shape index (κ1) is 15.6. The van der Waals surface area contributed by atoms with Gasteiger partial charge in [-0.05, 0) is 59.8 Å². The fraction of sp³-hybridized carbons (Fsp3) is 0.929. The molecular weight excluding hydrogens is 226 g/mol. The summed E-state index contributed by atoms with van der Waals surface area (Å²) in [7, 11) is 1.98. The summed E-state index contributed by atoms with van der Waals surface area (Å²) in [5, 5.41) is 9.97. The summed E-state index contributed by atoms with van der Waals surface area (Å²) in [4.78, 5) is 8.75. The quantitative estimate of drug-likeness (QED) is 0.582. The first-order chi connectivity index (χ1) is 8.54. The lowest BCUT2D eigenvalue weighted by Crippen LogP contribution is -2.47. The molecular formula is C14H29N3O. The van der Waals surface area contributed by atoms with Crippen LogP contribution in [0.15, 0.2) is 4.99 Å². The predicted octanol–water partition coefficient (Wildman–Crippen LogP) is 1.94. The molecule has 4 nitrogen and oxygen atoms in total. The Bertz CT molecular complexity index is 256. The molecule has 0 aliphatic carbocycles. The van der Waals surface area contributed by atoms with Gasteiger partial charge in [0.05, 0.1) is 0 Å². The maximum Gasteiger partial charge on any atom is 0.204 e. The zero-order valence-electron chi connectivity index (χ0n) is 12.4. The topological polar surface area (TPSA) is 39.1 Å². The van der Waals surface area contributed by atoms with Crippen molar-refractivity contribution in [2.75, 3.05) is 26.7 Å². The molecule has 1 unspecified atom stereocenters. The Labute approximate surface area is 112 Å². The number of aliphatic hydroxyl groups excluding tert-OH is 1. The van der Waals surface area contributed by atoms with E-state index in [2.05, 4.69) is 16.8 Å². The lowest BCUT2D eigenvalue weighted by Gasteiger charge is -2.37. The van der Waals surface area contributed by atoms with Crippen molar-refractivity contribution < 1.29 is 5.11 Å². The van der Waals surface area contributed by atoms with E-state index in [4.69, 9.17) is 0 Å². The van der Waals surface area contributed by atoms with E-state index in [1.165, 1.54) is 19.4 Å². The van der Waals surface area contributed by atoms with Gasteiger partial charge in [0.15, 0.2) is 0 Å². The molecule has 1 rings (SSSR count). The third kappa shape index (κ3) is 5.04. The van der Waals surface area contributed by atoms with Crippen molar-refractivity contribution in [3.63, 3.8) is 0 Å². The SMILES string of the molecule is CCCCN1CCC(N(C)C(O)N=C(C)C)CC1. The van der Waals surface area contributed by atoms with Gasteiger partial charge >= 0.3 is 0 Å². The van der Waals surface area contributed by atoms with E-state index in [1.807, 2.05) is 25.8 Å². The second-order valence-electron chi connectivity index (χ2n) is 5.51. The van der Waals surface area contributed by atoms with Gasteiger partial charge in [-0.25, -0.2) is 4.99 Å². The minimum absolute atomic E-state index is 0.459. The zero-order chi connectivity index (χ0) is 13.5. The molecule has 0 aromatic rings. The smallest absolute Gasteiger partial charge is 0.204 e. The van der Waals surface area contributed by atoms with Crippen LogP contribution in [0.1, 0.15) is 46.5 Å². The number of hydrogen-bond acceptors (Lipinski definition) is 4. The Hall–Kier alpha value is -0.450. The highest BCUT2D eigenvalue weighted by Crippen LogP contribution is 2.17. The van der Waals surface area contributed by atoms with Crippen molar-refractivity contribution in [3.8, 4) is 0 Å². The molecule has 0 aromatic carbocycles. The van der Waals surface area contributed by atoms with Crippen molar-refractivity contribution in [3.05, 3.63) is 0 Å². The number of aliphatic imine (C=N–C) groups is 1. The molecule has 0 aromatic heterocycles. The van der Waals surface area contributed by atoms with Crippen molar-refractivity contribution in [2.24, 2.45) is 4.99 Å². The minimum atomic E-state index is -0.679. The molecule has 4 heteroatoms. The molecule has 1 N–H and O–H groups in total. The highest BCUT2D eigenvalue weighted by Gasteiger charge is 2.25. The lowest BCUT2D eigenvalue weighted by molar-refractivity contribution is -0.0171. The Morgan fingerprint density at radius 2 is 2.00 bits per heavy atom. The highest BCUT2D eigenvalue weighted by atomic mass is 16.3. The number of rotatable bonds is 6. The molecule has 0 amide bonds. The number of piperidine rings is 1. The average Bonchev–Trinajstić information content (AvgIpc) is 2.35. The molecule has 1 heterocycles. The Kier molecular flexibility index (Phi) is 6.82. The molecule has 1 aliphatic rings. The van der Waals surface area contributed by atoms with Crippen LogP contribution in [-0.2, 0) is 0 Å². The fourth-order valence-electron chi connectivity index (χ4n) is 2.44. The number of likely N-dealkylation sites (tertiary alicyclic amines) is 1. The van der Waals surface area contributed by atoms with Gasteiger partial charge in [-0.3, -0.25) is 4.90 Å². The van der Waals surface area contributed by atoms with Crippen LogP contribution < -0.4 is 0 Å². The van der Waals surface area contributed by atoms with Crippen LogP contribution in [0.3, 0.4) is 0 Å². The van der Waals surface area contributed by atoms with E-state index in [-0.39, 0.29) is 0 Å². The van der Waals surface area contributed by atoms with Gasteiger partial charge in [0.1, 0.15) is 0 Å². The number of aliphatic hydroxyl groups is 1. The van der Waals surface area contributed by atoms with Crippen molar-refractivity contribution >= 4 is 5.71 Å². The van der Waals surface area contributed by atoms with Gasteiger partial charge in [-0.1, -0.05) is 13.3 Å². The minimum Gasteiger partial charge on any atom is -0.359 e. The van der Waals surface area contributed by atoms with E-state index in [1.54, 1.807) is 0 Å². The Morgan fingerprint density at radius 3 is 2.50 bits per heavy atom. The van der Waals surface area contributed by atoms with Crippen LogP contribution in [-0.4, -0.2) is 59.7 Å². The monoisotopic (exact) mass is 255 g/mol. The summed E-state index contributed by atoms with van der Waals surface area (Å²) in [5.74, 6) is 0. The first-order valence-corrected chi connectivity index (χ1v) is 7.18. The van der Waals surface area contributed by atoms with Gasteiger partial charge in [0, 0.05) is 11.8 Å². The normalized spacial score (nSPS) is 20.1. The molecule has 1 atom stereocenters. The third-order valence-corrected chi connectivity index (χ3v) is 3.70. The van der Waals surface area contributed by atoms with Gasteiger partial charge in [-0.2, -0.15) is 0 Å². The molecule has 0 radical (unpaired) electrons. The standard InChI is InChI=1S/C14H29N3O/c1-5-6-9-17-10-7-13(8-11-17)16(4)14(18)15-12(2)3/h13-14,18H,5-11H2,1-4H3. The maximum absolute atomic E-state index is 9.97. The number of unbranched alkanes of at least 4 members (excludes halogenated alkanes) is 1. The average molecular weight is 255 g/mol. The second kappa shape index (κ2) is 7.87. The van der Waals surface area contributed by atoms with Crippen molar-refractivity contribution in [1.82, 2.24) is 9.80 Å². The molecule has 1 saturated heterocycles. The zero-order valence-corrected chi connectivity index (χ0v) is 12.4. The summed E-state index contributed by atoms with van der Waals surface area (Å²) < 4.78 is 0. The number of hydrogen-bond donors (Lipinski definition) is 1. The van der Waals surface area contributed by atoms with E-state index in [0.717, 1.165) is 31.6 Å². The second-order valence-corrected chi connectivity index (χ2v) is 5.51. The van der Waals surface area contributed by atoms with Crippen LogP contribution in [0.4, 0.5) is 0 Å². The largest absolute Gasteiger partial charge is 0.359 e. The highest BCUT2D eigenvalue weighted by molar-refractivity contribution is 5.79. The van der Waals surface area contributed by atoms with Crippen LogP contribution >= 0.6 is 0 Å². The molecule has 18 heavy (non-hydrogen) atoms. The lowest BCUT2D eigenvalue weighted by atomic mass is 10.0. The molecule has 1 fully saturated rings. The molecule has 0 bridgehead atoms. The van der Waals surface area contributed by atoms with Crippen LogP contribution in [0, 0.1) is 0 Å². The Morgan fingerprint density at radius 1 is 1.39 bits per heavy atom. The summed E-state index contributed by atoms with van der Waals surface area (Å²) in [5.41, 5.74) is 0.926. The van der Waals surface area contributed by atoms with E-state index >= 15 is 0 Å². The maximum atomic E-state index is 9.97. The van der Waals surface area contributed by atoms with Crippen LogP contribution in [0.25, 0.3) is 0 Å². The number of nitrogens with zero attached hydrogens (tertiary/aromatic N) is 3. The van der Waals surface area contributed by atoms with Crippen LogP contribution in [0.5, 0.6) is 0 Å². The van der Waals surface area contributed by atoms with Gasteiger partial charge in [-0.15, -0.1) is 0 Å². The Balaban J connectivity index is 2.35. The molecule has 1 aliphatic heterocycles. The predicted molar refractivity (Wildman–Crippen MR) is 76.9 cm³/mol. The van der Waals surface area contributed by atoms with E-state index in [9.17, 15) is 5.11 Å². The van der Waals surface area contributed by atoms with Crippen LogP contribution in [0.2, 0.25) is 0 Å². The molecule has 0 saturated carbocycles. The summed E-state index contributed by atoms with van der Waals surface area (Å²) in [6.45, 7) is 9.60. The summed E-state index contributed by atoms with van der Waals surface area (Å²) >= 11 is 0. The molecule has 0 spiro atoms. The third-order valence-electron chi connectivity index (χ3n) is 3.70. The molecule has 106 valence electrons. The summed E-state index contributed by atoms with van der Waals surface area (Å²) in [6.07, 6.45) is 4.15. The van der Waals surface area contributed by atoms with E-state index < -0.39 is 6.35 Å². The van der Waals surface area contributed by atoms with Crippen molar-refractivity contribution in [2.45, 2.75) is 58.8 Å². The van der Waals surface area contributed by atoms with Gasteiger partial charge < -0.3 is 10.0 Å². The van der Waals surface area contributed by atoms with Gasteiger partial charge in [0.2, 0.25) is 6.35 Å². The first-order valence-electron chi connectivity index (χ1n) is 7.18. The van der Waals surface area contributed by atoms with Gasteiger partial charge in [0.25, 0.3) is 0 Å². The van der Waals surface area contributed by atoms with E-state index in [0.29, 0.717) is 6.04 Å². The van der Waals surface area contributed by atoms with Crippen molar-refractivity contribution in [1.29, 1.82) is 0 Å². The fourth-order valence-corrected chi connectivity index (χ4v) is 2.44.